The van der Waals surface area contributed by atoms with Gasteiger partial charge < -0.3 is 10.1 Å². The first-order valence-corrected chi connectivity index (χ1v) is 11.7. The minimum Gasteiger partial charge on any atom is -0.461 e. The minimum absolute atomic E-state index is 0.0209. The fourth-order valence-electron chi connectivity index (χ4n) is 2.79. The van der Waals surface area contributed by atoms with E-state index < -0.39 is 15.8 Å². The van der Waals surface area contributed by atoms with Crippen molar-refractivity contribution in [2.45, 2.75) is 18.6 Å². The highest BCUT2D eigenvalue weighted by Gasteiger charge is 2.28. The van der Waals surface area contributed by atoms with Crippen LogP contribution in [0, 0.1) is 0 Å². The molecule has 2 aromatic rings. The van der Waals surface area contributed by atoms with E-state index in [0.717, 1.165) is 0 Å². The van der Waals surface area contributed by atoms with Gasteiger partial charge in [-0.2, -0.15) is 5.10 Å². The number of nitrogens with zero attached hydrogens (tertiary/aromatic N) is 2. The zero-order valence-corrected chi connectivity index (χ0v) is 17.0. The Morgan fingerprint density at radius 2 is 2.18 bits per heavy atom. The maximum absolute atomic E-state index is 12.2. The summed E-state index contributed by atoms with van der Waals surface area (Å²) in [5.74, 6) is -0.149. The first kappa shape index (κ1) is 20.4. The van der Waals surface area contributed by atoms with Gasteiger partial charge in [-0.25, -0.2) is 17.9 Å². The monoisotopic (exact) mass is 423 g/mol. The second-order valence-electron chi connectivity index (χ2n) is 6.30. The molecular weight excluding hydrogens is 402 g/mol. The molecule has 28 heavy (non-hydrogen) atoms. The summed E-state index contributed by atoms with van der Waals surface area (Å²) in [6.07, 6.45) is 2.24. The number of sulfone groups is 1. The van der Waals surface area contributed by atoms with Gasteiger partial charge in [0.25, 0.3) is 0 Å². The third-order valence-electron chi connectivity index (χ3n) is 4.11. The quantitative estimate of drug-likeness (QED) is 0.678. The zero-order valence-electron chi connectivity index (χ0n) is 15.3. The molecule has 0 aliphatic carbocycles. The summed E-state index contributed by atoms with van der Waals surface area (Å²) in [6, 6.07) is 8.63. The van der Waals surface area contributed by atoms with Gasteiger partial charge in [-0.05, 0) is 37.6 Å². The van der Waals surface area contributed by atoms with Crippen LogP contribution < -0.4 is 5.32 Å². The molecule has 3 rings (SSSR count). The smallest absolute Gasteiger partial charge is 0.358 e. The van der Waals surface area contributed by atoms with E-state index in [1.165, 1.54) is 16.4 Å². The molecule has 1 aromatic carbocycles. The van der Waals surface area contributed by atoms with Gasteiger partial charge in [-0.3, -0.25) is 4.79 Å². The number of carbonyl (C=O) groups is 2. The van der Waals surface area contributed by atoms with Crippen molar-refractivity contribution >= 4 is 39.2 Å². The molecule has 1 aliphatic rings. The molecular formula is C18H21N3O5S2. The SMILES string of the molecule is CCOC(=O)c1ccn(-c2cccc(NC(=O)CSC3CCS(=O)(=O)C3)c2)n1. The fourth-order valence-corrected chi connectivity index (χ4v) is 6.23. The number of aromatic nitrogens is 2. The largest absolute Gasteiger partial charge is 0.461 e. The Kier molecular flexibility index (Phi) is 6.40. The van der Waals surface area contributed by atoms with Gasteiger partial charge >= 0.3 is 5.97 Å². The molecule has 1 unspecified atom stereocenters. The predicted octanol–water partition coefficient (Wildman–Crippen LogP) is 1.91. The third kappa shape index (κ3) is 5.35. The fraction of sp³-hybridized carbons (Fsp3) is 0.389. The van der Waals surface area contributed by atoms with Crippen LogP contribution in [-0.2, 0) is 19.4 Å². The summed E-state index contributed by atoms with van der Waals surface area (Å²) < 4.78 is 29.4. The van der Waals surface area contributed by atoms with E-state index in [9.17, 15) is 18.0 Å². The average Bonchev–Trinajstić information content (AvgIpc) is 3.27. The molecule has 8 nitrogen and oxygen atoms in total. The number of thioether (sulfide) groups is 1. The molecule has 1 fully saturated rings. The highest BCUT2D eigenvalue weighted by atomic mass is 32.2. The second kappa shape index (κ2) is 8.78. The Labute approximate surface area is 167 Å². The molecule has 0 saturated carbocycles. The maximum atomic E-state index is 12.2. The second-order valence-corrected chi connectivity index (χ2v) is 9.82. The number of hydrogen-bond donors (Lipinski definition) is 1. The third-order valence-corrected chi connectivity index (χ3v) is 7.39. The number of hydrogen-bond acceptors (Lipinski definition) is 7. The molecule has 150 valence electrons. The van der Waals surface area contributed by atoms with Crippen molar-refractivity contribution in [2.24, 2.45) is 0 Å². The van der Waals surface area contributed by atoms with Crippen molar-refractivity contribution in [3.63, 3.8) is 0 Å². The number of rotatable bonds is 7. The Balaban J connectivity index is 1.59. The topological polar surface area (TPSA) is 107 Å². The van der Waals surface area contributed by atoms with Gasteiger partial charge in [0.1, 0.15) is 0 Å². The molecule has 0 spiro atoms. The van der Waals surface area contributed by atoms with Crippen LogP contribution in [0.15, 0.2) is 36.5 Å². The van der Waals surface area contributed by atoms with E-state index in [4.69, 9.17) is 4.74 Å². The number of amides is 1. The predicted molar refractivity (Wildman–Crippen MR) is 108 cm³/mol. The first-order valence-electron chi connectivity index (χ1n) is 8.81. The lowest BCUT2D eigenvalue weighted by atomic mass is 10.3. The summed E-state index contributed by atoms with van der Waals surface area (Å²) in [5, 5.41) is 6.97. The summed E-state index contributed by atoms with van der Waals surface area (Å²) in [6.45, 7) is 2.00. The van der Waals surface area contributed by atoms with E-state index in [0.29, 0.717) is 17.8 Å². The number of carbonyl (C=O) groups excluding carboxylic acids is 2. The van der Waals surface area contributed by atoms with E-state index in [2.05, 4.69) is 10.4 Å². The standard InChI is InChI=1S/C18H21N3O5S2/c1-2-26-18(23)16-6-8-21(20-16)14-5-3-4-13(10-14)19-17(22)11-27-15-7-9-28(24,25)12-15/h3-6,8,10,15H,2,7,9,11-12H2,1H3,(H,19,22). The van der Waals surface area contributed by atoms with E-state index in [1.54, 1.807) is 43.5 Å². The van der Waals surface area contributed by atoms with Gasteiger partial charge in [0, 0.05) is 17.1 Å². The first-order chi connectivity index (χ1) is 13.4. The number of nitrogens with one attached hydrogen (secondary N) is 1. The number of ether oxygens (including phenoxy) is 1. The molecule has 1 aromatic heterocycles. The molecule has 1 amide bonds. The van der Waals surface area contributed by atoms with Crippen molar-refractivity contribution in [2.75, 3.05) is 29.2 Å². The van der Waals surface area contributed by atoms with Crippen LogP contribution >= 0.6 is 11.8 Å². The van der Waals surface area contributed by atoms with Crippen molar-refractivity contribution in [1.82, 2.24) is 9.78 Å². The highest BCUT2D eigenvalue weighted by molar-refractivity contribution is 8.02. The summed E-state index contributed by atoms with van der Waals surface area (Å²) in [7, 11) is -2.94. The Morgan fingerprint density at radius 3 is 2.89 bits per heavy atom. The van der Waals surface area contributed by atoms with E-state index in [1.807, 2.05) is 0 Å². The molecule has 2 heterocycles. The number of esters is 1. The van der Waals surface area contributed by atoms with Gasteiger partial charge in [0.2, 0.25) is 5.91 Å². The lowest BCUT2D eigenvalue weighted by Crippen LogP contribution is -2.17. The molecule has 0 radical (unpaired) electrons. The van der Waals surface area contributed by atoms with Gasteiger partial charge in [-0.1, -0.05) is 6.07 Å². The summed E-state index contributed by atoms with van der Waals surface area (Å²) in [5.41, 5.74) is 1.48. The minimum atomic E-state index is -2.94. The normalized spacial score (nSPS) is 18.0. The lowest BCUT2D eigenvalue weighted by Gasteiger charge is -2.09. The van der Waals surface area contributed by atoms with Crippen LogP contribution in [0.1, 0.15) is 23.8 Å². The summed E-state index contributed by atoms with van der Waals surface area (Å²) in [4.78, 5) is 23.9. The zero-order chi connectivity index (χ0) is 20.1. The van der Waals surface area contributed by atoms with Crippen LogP contribution in [0.2, 0.25) is 0 Å². The summed E-state index contributed by atoms with van der Waals surface area (Å²) >= 11 is 1.37. The number of anilines is 1. The molecule has 1 aliphatic heterocycles. The van der Waals surface area contributed by atoms with Gasteiger partial charge in [-0.15, -0.1) is 11.8 Å². The van der Waals surface area contributed by atoms with E-state index >= 15 is 0 Å². The average molecular weight is 424 g/mol. The molecule has 10 heteroatoms. The van der Waals surface area contributed by atoms with Crippen LogP contribution in [0.4, 0.5) is 5.69 Å². The van der Waals surface area contributed by atoms with Crippen LogP contribution in [-0.4, -0.2) is 59.2 Å². The van der Waals surface area contributed by atoms with Crippen LogP contribution in [0.25, 0.3) is 5.69 Å². The molecule has 0 bridgehead atoms. The van der Waals surface area contributed by atoms with E-state index in [-0.39, 0.29) is 40.7 Å². The number of benzene rings is 1. The molecule has 1 N–H and O–H groups in total. The highest BCUT2D eigenvalue weighted by Crippen LogP contribution is 2.24. The van der Waals surface area contributed by atoms with Crippen molar-refractivity contribution < 1.29 is 22.7 Å². The Morgan fingerprint density at radius 1 is 1.36 bits per heavy atom. The Hall–Kier alpha value is -2.33. The molecule has 1 atom stereocenters. The maximum Gasteiger partial charge on any atom is 0.358 e. The van der Waals surface area contributed by atoms with Crippen LogP contribution in [0.3, 0.4) is 0 Å². The lowest BCUT2D eigenvalue weighted by molar-refractivity contribution is -0.113. The Bertz CT molecular complexity index is 971. The van der Waals surface area contributed by atoms with Crippen LogP contribution in [0.5, 0.6) is 0 Å². The molecule has 1 saturated heterocycles. The van der Waals surface area contributed by atoms with Crippen molar-refractivity contribution in [3.8, 4) is 5.69 Å². The van der Waals surface area contributed by atoms with Crippen molar-refractivity contribution in [3.05, 3.63) is 42.2 Å². The van der Waals surface area contributed by atoms with Gasteiger partial charge in [0.15, 0.2) is 15.5 Å². The van der Waals surface area contributed by atoms with Crippen molar-refractivity contribution in [1.29, 1.82) is 0 Å². The van der Waals surface area contributed by atoms with Gasteiger partial charge in [0.05, 0.1) is 29.6 Å².